The summed E-state index contributed by atoms with van der Waals surface area (Å²) in [5, 5.41) is 0. The molecule has 0 radical (unpaired) electrons. The first-order valence-corrected chi connectivity index (χ1v) is 8.60. The second-order valence-electron chi connectivity index (χ2n) is 7.84. The molecule has 0 aromatic heterocycles. The van der Waals surface area contributed by atoms with Gasteiger partial charge in [-0.2, -0.15) is 0 Å². The van der Waals surface area contributed by atoms with E-state index >= 15 is 0 Å². The molecule has 0 bridgehead atoms. The molecule has 0 amide bonds. The zero-order valence-electron chi connectivity index (χ0n) is 13.7. The molecule has 0 fully saturated rings. The number of ether oxygens (including phenoxy) is 1. The molecule has 120 valence electrons. The maximum Gasteiger partial charge on any atom is 0.328 e. The lowest BCUT2D eigenvalue weighted by Gasteiger charge is -2.43. The Kier molecular flexibility index (Phi) is 6.05. The molecule has 0 spiro atoms. The zero-order valence-corrected chi connectivity index (χ0v) is 14.6. The molecule has 2 N–H and O–H groups in total. The van der Waals surface area contributed by atoms with Gasteiger partial charge in [0.05, 0.1) is 11.6 Å². The van der Waals surface area contributed by atoms with Crippen molar-refractivity contribution in [1.82, 2.24) is 0 Å². The van der Waals surface area contributed by atoms with Crippen molar-refractivity contribution in [3.8, 4) is 0 Å². The van der Waals surface area contributed by atoms with Crippen LogP contribution in [0.5, 0.6) is 0 Å². The Hall–Kier alpha value is -0.380. The van der Waals surface area contributed by atoms with Crippen molar-refractivity contribution in [2.45, 2.75) is 54.9 Å². The number of hydrogen-bond donors (Lipinski definition) is 2. The van der Waals surface area contributed by atoms with Crippen molar-refractivity contribution >= 4 is 13.6 Å². The molecule has 0 aliphatic heterocycles. The molecule has 0 aliphatic carbocycles. The minimum absolute atomic E-state index is 0.0513. The van der Waals surface area contributed by atoms with Crippen LogP contribution in [0.2, 0.25) is 0 Å². The van der Waals surface area contributed by atoms with E-state index < -0.39 is 25.1 Å². The Labute approximate surface area is 122 Å². The van der Waals surface area contributed by atoms with Crippen molar-refractivity contribution in [1.29, 1.82) is 0 Å². The first-order chi connectivity index (χ1) is 8.58. The average Bonchev–Trinajstić information content (AvgIpc) is 2.10. The highest BCUT2D eigenvalue weighted by atomic mass is 31.2. The van der Waals surface area contributed by atoms with Crippen LogP contribution in [0.3, 0.4) is 0 Å². The molecule has 0 aliphatic rings. The summed E-state index contributed by atoms with van der Waals surface area (Å²) in [6.07, 6.45) is 0.201. The van der Waals surface area contributed by atoms with E-state index in [4.69, 9.17) is 14.5 Å². The van der Waals surface area contributed by atoms with Crippen molar-refractivity contribution in [2.75, 3.05) is 12.8 Å². The minimum Gasteiger partial charge on any atom is -0.465 e. The second-order valence-corrected chi connectivity index (χ2v) is 9.62. The third kappa shape index (κ3) is 6.38. The first-order valence-electron chi connectivity index (χ1n) is 6.80. The van der Waals surface area contributed by atoms with E-state index in [1.54, 1.807) is 0 Å². The Bertz CT molecular complexity index is 385. The summed E-state index contributed by atoms with van der Waals surface area (Å²) in [5.41, 5.74) is -1.07. The quantitative estimate of drug-likeness (QED) is 0.602. The molecular weight excluding hydrogens is 279 g/mol. The van der Waals surface area contributed by atoms with Gasteiger partial charge in [0.1, 0.15) is 6.61 Å². The summed E-state index contributed by atoms with van der Waals surface area (Å²) in [6, 6.07) is 0. The molecule has 0 saturated carbocycles. The van der Waals surface area contributed by atoms with E-state index in [1.165, 1.54) is 0 Å². The van der Waals surface area contributed by atoms with Crippen LogP contribution in [0, 0.1) is 16.2 Å². The van der Waals surface area contributed by atoms with E-state index in [1.807, 2.05) is 27.7 Å². The molecule has 0 saturated heterocycles. The number of rotatable bonds is 5. The molecule has 0 aromatic rings. The van der Waals surface area contributed by atoms with Crippen LogP contribution in [-0.2, 0) is 14.1 Å². The molecule has 5 nitrogen and oxygen atoms in total. The molecular formula is C14H29O5P. The fraction of sp³-hybridized carbons (Fsp3) is 0.929. The van der Waals surface area contributed by atoms with Crippen LogP contribution in [0.25, 0.3) is 0 Å². The summed E-state index contributed by atoms with van der Waals surface area (Å²) in [7, 11) is -4.13. The molecule has 0 aromatic carbocycles. The van der Waals surface area contributed by atoms with E-state index in [2.05, 4.69) is 20.8 Å². The highest BCUT2D eigenvalue weighted by Crippen LogP contribution is 2.47. The lowest BCUT2D eigenvalue weighted by molar-refractivity contribution is -0.164. The summed E-state index contributed by atoms with van der Waals surface area (Å²) >= 11 is 0. The van der Waals surface area contributed by atoms with Gasteiger partial charge in [-0.3, -0.25) is 9.36 Å². The molecule has 1 unspecified atom stereocenters. The maximum absolute atomic E-state index is 12.4. The predicted molar refractivity (Wildman–Crippen MR) is 79.5 cm³/mol. The highest BCUT2D eigenvalue weighted by molar-refractivity contribution is 7.51. The van der Waals surface area contributed by atoms with Crippen LogP contribution >= 0.6 is 7.60 Å². The number of hydrogen-bond acceptors (Lipinski definition) is 3. The number of carbonyl (C=O) groups excluding carboxylic acids is 1. The van der Waals surface area contributed by atoms with Crippen molar-refractivity contribution in [3.63, 3.8) is 0 Å². The Morgan fingerprint density at radius 1 is 1.05 bits per heavy atom. The molecule has 0 heterocycles. The van der Waals surface area contributed by atoms with Gasteiger partial charge in [0, 0.05) is 0 Å². The van der Waals surface area contributed by atoms with E-state index in [-0.39, 0.29) is 17.4 Å². The van der Waals surface area contributed by atoms with Crippen molar-refractivity contribution < 1.29 is 23.9 Å². The Morgan fingerprint density at radius 3 is 1.80 bits per heavy atom. The molecule has 1 atom stereocenters. The average molecular weight is 308 g/mol. The fourth-order valence-electron chi connectivity index (χ4n) is 2.12. The maximum atomic E-state index is 12.4. The topological polar surface area (TPSA) is 83.8 Å². The monoisotopic (exact) mass is 308 g/mol. The summed E-state index contributed by atoms with van der Waals surface area (Å²) in [6.45, 7) is 13.7. The van der Waals surface area contributed by atoms with Crippen molar-refractivity contribution in [3.05, 3.63) is 0 Å². The predicted octanol–water partition coefficient (Wildman–Crippen LogP) is 3.20. The van der Waals surface area contributed by atoms with Crippen molar-refractivity contribution in [2.24, 2.45) is 16.2 Å². The van der Waals surface area contributed by atoms with Gasteiger partial charge in [0.2, 0.25) is 0 Å². The van der Waals surface area contributed by atoms with Crippen LogP contribution < -0.4 is 0 Å². The Morgan fingerprint density at radius 2 is 1.50 bits per heavy atom. The van der Waals surface area contributed by atoms with Gasteiger partial charge in [-0.05, 0) is 24.2 Å². The summed E-state index contributed by atoms with van der Waals surface area (Å²) in [4.78, 5) is 30.0. The van der Waals surface area contributed by atoms with E-state index in [9.17, 15) is 9.36 Å². The third-order valence-electron chi connectivity index (χ3n) is 3.61. The van der Waals surface area contributed by atoms with Crippen LogP contribution in [-0.4, -0.2) is 28.5 Å². The first kappa shape index (κ1) is 19.6. The van der Waals surface area contributed by atoms with Gasteiger partial charge in [-0.15, -0.1) is 0 Å². The second kappa shape index (κ2) is 6.17. The van der Waals surface area contributed by atoms with Gasteiger partial charge in [0.25, 0.3) is 0 Å². The lowest BCUT2D eigenvalue weighted by atomic mass is 9.61. The van der Waals surface area contributed by atoms with E-state index in [0.29, 0.717) is 6.42 Å². The zero-order chi connectivity index (χ0) is 16.4. The fourth-order valence-corrected chi connectivity index (χ4v) is 2.45. The van der Waals surface area contributed by atoms with Gasteiger partial charge < -0.3 is 14.5 Å². The van der Waals surface area contributed by atoms with Crippen LogP contribution in [0.4, 0.5) is 0 Å². The lowest BCUT2D eigenvalue weighted by Crippen LogP contribution is -2.44. The SMILES string of the molecule is CC(C)(C)CC(C)(C(=O)OCCP(=O)(O)O)C(C)(C)C. The van der Waals surface area contributed by atoms with Gasteiger partial charge in [-0.1, -0.05) is 41.5 Å². The van der Waals surface area contributed by atoms with Crippen LogP contribution in [0.15, 0.2) is 0 Å². The minimum atomic E-state index is -4.13. The highest BCUT2D eigenvalue weighted by Gasteiger charge is 2.47. The molecule has 0 rings (SSSR count). The largest absolute Gasteiger partial charge is 0.465 e. The van der Waals surface area contributed by atoms with Gasteiger partial charge in [0.15, 0.2) is 0 Å². The Balaban J connectivity index is 4.98. The van der Waals surface area contributed by atoms with Gasteiger partial charge in [-0.25, -0.2) is 0 Å². The van der Waals surface area contributed by atoms with E-state index in [0.717, 1.165) is 0 Å². The number of carbonyl (C=O) groups is 1. The summed E-state index contributed by atoms with van der Waals surface area (Å²) < 4.78 is 15.9. The normalized spacial score (nSPS) is 16.6. The standard InChI is InChI=1S/C14H29O5P/c1-12(2,3)10-14(7,13(4,5)6)11(15)19-8-9-20(16,17)18/h8-10H2,1-7H3,(H2,16,17,18). The smallest absolute Gasteiger partial charge is 0.328 e. The molecule has 20 heavy (non-hydrogen) atoms. The number of esters is 1. The van der Waals surface area contributed by atoms with Gasteiger partial charge >= 0.3 is 13.6 Å². The molecule has 6 heteroatoms. The summed E-state index contributed by atoms with van der Waals surface area (Å²) in [5.74, 6) is -0.395. The van der Waals surface area contributed by atoms with Crippen LogP contribution in [0.1, 0.15) is 54.9 Å². The third-order valence-corrected chi connectivity index (χ3v) is 4.37.